The zero-order valence-electron chi connectivity index (χ0n) is 9.77. The summed E-state index contributed by atoms with van der Waals surface area (Å²) < 4.78 is 20.3. The molecule has 0 saturated heterocycles. The van der Waals surface area contributed by atoms with E-state index in [0.29, 0.717) is 23.6 Å². The molecule has 4 nitrogen and oxygen atoms in total. The third-order valence-electron chi connectivity index (χ3n) is 2.62. The van der Waals surface area contributed by atoms with Crippen molar-refractivity contribution in [2.24, 2.45) is 7.05 Å². The fourth-order valence-electron chi connectivity index (χ4n) is 1.69. The average molecular weight is 235 g/mol. The van der Waals surface area contributed by atoms with Gasteiger partial charge in [0.2, 0.25) is 0 Å². The topological polar surface area (TPSA) is 53.1 Å². The summed E-state index contributed by atoms with van der Waals surface area (Å²) in [5, 5.41) is 4.00. The molecule has 90 valence electrons. The van der Waals surface area contributed by atoms with Crippen molar-refractivity contribution in [2.75, 3.05) is 12.8 Å². The first kappa shape index (κ1) is 11.6. The average Bonchev–Trinajstić information content (AvgIpc) is 2.63. The zero-order valence-corrected chi connectivity index (χ0v) is 9.77. The van der Waals surface area contributed by atoms with Gasteiger partial charge in [0.1, 0.15) is 11.6 Å². The van der Waals surface area contributed by atoms with E-state index in [1.165, 1.54) is 10.7 Å². The third kappa shape index (κ3) is 2.14. The number of nitrogens with two attached hydrogens (primary N) is 1. The van der Waals surface area contributed by atoms with Gasteiger partial charge < -0.3 is 10.5 Å². The van der Waals surface area contributed by atoms with Crippen LogP contribution in [0.1, 0.15) is 5.56 Å². The SMILES string of the molecule is COCc1ccc(F)c(-c2cnn(C)c2N)c1. The Bertz CT molecular complexity index is 537. The van der Waals surface area contributed by atoms with E-state index in [-0.39, 0.29) is 5.82 Å². The van der Waals surface area contributed by atoms with Crippen molar-refractivity contribution in [1.29, 1.82) is 0 Å². The second kappa shape index (κ2) is 4.55. The first-order chi connectivity index (χ1) is 8.13. The van der Waals surface area contributed by atoms with Gasteiger partial charge in [-0.15, -0.1) is 0 Å². The molecular weight excluding hydrogens is 221 g/mol. The number of nitrogen functional groups attached to an aromatic ring is 1. The lowest BCUT2D eigenvalue weighted by molar-refractivity contribution is 0.185. The Kier molecular flexibility index (Phi) is 3.10. The summed E-state index contributed by atoms with van der Waals surface area (Å²) in [6.45, 7) is 0.438. The van der Waals surface area contributed by atoms with Gasteiger partial charge in [-0.05, 0) is 17.7 Å². The van der Waals surface area contributed by atoms with Crippen LogP contribution in [0.5, 0.6) is 0 Å². The normalized spacial score (nSPS) is 10.8. The number of hydrogen-bond donors (Lipinski definition) is 1. The molecular formula is C12H14FN3O. The Morgan fingerprint density at radius 1 is 1.41 bits per heavy atom. The Hall–Kier alpha value is -1.88. The molecule has 0 bridgehead atoms. The Morgan fingerprint density at radius 3 is 2.76 bits per heavy atom. The van der Waals surface area contributed by atoms with Crippen LogP contribution in [-0.4, -0.2) is 16.9 Å². The first-order valence-electron chi connectivity index (χ1n) is 5.18. The van der Waals surface area contributed by atoms with Gasteiger partial charge in [-0.2, -0.15) is 5.10 Å². The molecule has 1 aromatic carbocycles. The minimum absolute atomic E-state index is 0.315. The van der Waals surface area contributed by atoms with Crippen LogP contribution in [-0.2, 0) is 18.4 Å². The van der Waals surface area contributed by atoms with Crippen molar-refractivity contribution >= 4 is 5.82 Å². The quantitative estimate of drug-likeness (QED) is 0.884. The molecule has 0 spiro atoms. The first-order valence-corrected chi connectivity index (χ1v) is 5.18. The van der Waals surface area contributed by atoms with E-state index in [9.17, 15) is 4.39 Å². The summed E-state index contributed by atoms with van der Waals surface area (Å²) in [6.07, 6.45) is 1.56. The van der Waals surface area contributed by atoms with Gasteiger partial charge in [-0.1, -0.05) is 6.07 Å². The maximum absolute atomic E-state index is 13.8. The van der Waals surface area contributed by atoms with Gasteiger partial charge >= 0.3 is 0 Å². The van der Waals surface area contributed by atoms with Crippen molar-refractivity contribution in [3.05, 3.63) is 35.8 Å². The lowest BCUT2D eigenvalue weighted by Crippen LogP contribution is -1.99. The van der Waals surface area contributed by atoms with Crippen molar-refractivity contribution in [3.8, 4) is 11.1 Å². The third-order valence-corrected chi connectivity index (χ3v) is 2.62. The maximum atomic E-state index is 13.8. The summed E-state index contributed by atoms with van der Waals surface area (Å²) >= 11 is 0. The molecule has 17 heavy (non-hydrogen) atoms. The Labute approximate surface area is 98.8 Å². The molecule has 0 saturated carbocycles. The molecule has 2 rings (SSSR count). The predicted octanol–water partition coefficient (Wildman–Crippen LogP) is 1.95. The van der Waals surface area contributed by atoms with E-state index in [0.717, 1.165) is 5.56 Å². The molecule has 0 fully saturated rings. The second-order valence-electron chi connectivity index (χ2n) is 3.81. The number of aryl methyl sites for hydroxylation is 1. The Balaban J connectivity index is 2.50. The standard InChI is InChI=1S/C12H14FN3O/c1-16-12(14)10(6-15-16)9-5-8(7-17-2)3-4-11(9)13/h3-6H,7,14H2,1-2H3. The molecule has 0 radical (unpaired) electrons. The second-order valence-corrected chi connectivity index (χ2v) is 3.81. The highest BCUT2D eigenvalue weighted by atomic mass is 19.1. The van der Waals surface area contributed by atoms with Crippen LogP contribution >= 0.6 is 0 Å². The molecule has 0 aliphatic heterocycles. The zero-order chi connectivity index (χ0) is 12.4. The summed E-state index contributed by atoms with van der Waals surface area (Å²) in [7, 11) is 3.32. The minimum Gasteiger partial charge on any atom is -0.383 e. The maximum Gasteiger partial charge on any atom is 0.131 e. The number of aromatic nitrogens is 2. The number of halogens is 1. The number of nitrogens with zero attached hydrogens (tertiary/aromatic N) is 2. The van der Waals surface area contributed by atoms with E-state index in [1.807, 2.05) is 0 Å². The summed E-state index contributed by atoms with van der Waals surface area (Å²) in [5.74, 6) is 0.128. The van der Waals surface area contributed by atoms with Gasteiger partial charge in [0, 0.05) is 25.3 Å². The van der Waals surface area contributed by atoms with Crippen LogP contribution < -0.4 is 5.73 Å². The molecule has 2 N–H and O–H groups in total. The molecule has 0 unspecified atom stereocenters. The van der Waals surface area contributed by atoms with Crippen LogP contribution in [0.15, 0.2) is 24.4 Å². The molecule has 0 aliphatic carbocycles. The molecule has 0 atom stereocenters. The van der Waals surface area contributed by atoms with Crippen molar-refractivity contribution < 1.29 is 9.13 Å². The summed E-state index contributed by atoms with van der Waals surface area (Å²) in [5.41, 5.74) is 7.77. The molecule has 0 amide bonds. The lowest BCUT2D eigenvalue weighted by Gasteiger charge is -2.06. The number of anilines is 1. The fraction of sp³-hybridized carbons (Fsp3) is 0.250. The van der Waals surface area contributed by atoms with Crippen LogP contribution in [0, 0.1) is 5.82 Å². The predicted molar refractivity (Wildman–Crippen MR) is 63.7 cm³/mol. The van der Waals surface area contributed by atoms with E-state index in [4.69, 9.17) is 10.5 Å². The molecule has 0 aliphatic rings. The number of methoxy groups -OCH3 is 1. The van der Waals surface area contributed by atoms with Gasteiger partial charge in [-0.25, -0.2) is 4.39 Å². The van der Waals surface area contributed by atoms with E-state index < -0.39 is 0 Å². The highest BCUT2D eigenvalue weighted by molar-refractivity contribution is 5.74. The smallest absolute Gasteiger partial charge is 0.131 e. The summed E-state index contributed by atoms with van der Waals surface area (Å²) in [6, 6.07) is 4.83. The monoisotopic (exact) mass is 235 g/mol. The van der Waals surface area contributed by atoms with Crippen LogP contribution in [0.2, 0.25) is 0 Å². The Morgan fingerprint density at radius 2 is 2.18 bits per heavy atom. The lowest BCUT2D eigenvalue weighted by atomic mass is 10.0. The van der Waals surface area contributed by atoms with Gasteiger partial charge in [0.15, 0.2) is 0 Å². The van der Waals surface area contributed by atoms with E-state index in [2.05, 4.69) is 5.10 Å². The van der Waals surface area contributed by atoms with Gasteiger partial charge in [0.25, 0.3) is 0 Å². The minimum atomic E-state index is -0.315. The van der Waals surface area contributed by atoms with Crippen LogP contribution in [0.25, 0.3) is 11.1 Å². The molecule has 5 heteroatoms. The summed E-state index contributed by atoms with van der Waals surface area (Å²) in [4.78, 5) is 0. The number of ether oxygens (including phenoxy) is 1. The molecule has 1 heterocycles. The van der Waals surface area contributed by atoms with Gasteiger partial charge in [-0.3, -0.25) is 4.68 Å². The number of benzene rings is 1. The van der Waals surface area contributed by atoms with Gasteiger partial charge in [0.05, 0.1) is 12.8 Å². The van der Waals surface area contributed by atoms with Crippen molar-refractivity contribution in [2.45, 2.75) is 6.61 Å². The van der Waals surface area contributed by atoms with Crippen molar-refractivity contribution in [3.63, 3.8) is 0 Å². The number of hydrogen-bond acceptors (Lipinski definition) is 3. The fourth-order valence-corrected chi connectivity index (χ4v) is 1.69. The largest absolute Gasteiger partial charge is 0.383 e. The van der Waals surface area contributed by atoms with Crippen molar-refractivity contribution in [1.82, 2.24) is 9.78 Å². The molecule has 2 aromatic rings. The highest BCUT2D eigenvalue weighted by Gasteiger charge is 2.12. The highest BCUT2D eigenvalue weighted by Crippen LogP contribution is 2.28. The van der Waals surface area contributed by atoms with E-state index in [1.54, 1.807) is 32.5 Å². The van der Waals surface area contributed by atoms with E-state index >= 15 is 0 Å². The molecule has 1 aromatic heterocycles. The van der Waals surface area contributed by atoms with Crippen LogP contribution in [0.4, 0.5) is 10.2 Å². The van der Waals surface area contributed by atoms with Crippen LogP contribution in [0.3, 0.4) is 0 Å². The number of rotatable bonds is 3.